The molecule has 4 heteroatoms. The first kappa shape index (κ1) is 12.1. The average Bonchev–Trinajstić information content (AvgIpc) is 2.36. The van der Waals surface area contributed by atoms with Crippen LogP contribution in [0.2, 0.25) is 0 Å². The van der Waals surface area contributed by atoms with Crippen molar-refractivity contribution in [3.05, 3.63) is 47.5 Å². The van der Waals surface area contributed by atoms with E-state index < -0.39 is 0 Å². The summed E-state index contributed by atoms with van der Waals surface area (Å²) in [5.74, 6) is 0.210. The largest absolute Gasteiger partial charge is 0.505 e. The van der Waals surface area contributed by atoms with E-state index in [1.165, 1.54) is 0 Å². The first-order valence-corrected chi connectivity index (χ1v) is 5.58. The molecule has 0 saturated heterocycles. The van der Waals surface area contributed by atoms with Gasteiger partial charge in [0.15, 0.2) is 0 Å². The second-order valence-electron chi connectivity index (χ2n) is 4.09. The van der Waals surface area contributed by atoms with Crippen LogP contribution in [-0.2, 0) is 0 Å². The quantitative estimate of drug-likeness (QED) is 0.777. The van der Waals surface area contributed by atoms with E-state index in [1.54, 1.807) is 50.2 Å². The van der Waals surface area contributed by atoms with E-state index in [0.29, 0.717) is 11.4 Å². The molecule has 0 fully saturated rings. The highest BCUT2D eigenvalue weighted by Gasteiger charge is 2.04. The molecule has 2 N–H and O–H groups in total. The van der Waals surface area contributed by atoms with Crippen LogP contribution in [-0.4, -0.2) is 10.2 Å². The van der Waals surface area contributed by atoms with E-state index in [-0.39, 0.29) is 11.5 Å². The summed E-state index contributed by atoms with van der Waals surface area (Å²) in [6.45, 7) is 3.58. The molecule has 92 valence electrons. The molecule has 0 aliphatic heterocycles. The molecule has 0 saturated carbocycles. The van der Waals surface area contributed by atoms with E-state index in [0.717, 1.165) is 11.1 Å². The van der Waals surface area contributed by atoms with E-state index >= 15 is 0 Å². The Bertz CT molecular complexity index is 553. The number of azo groups is 1. The van der Waals surface area contributed by atoms with E-state index in [9.17, 15) is 10.2 Å². The monoisotopic (exact) mass is 242 g/mol. The van der Waals surface area contributed by atoms with Gasteiger partial charge in [-0.1, -0.05) is 24.3 Å². The Morgan fingerprint density at radius 2 is 1.11 bits per heavy atom. The van der Waals surface area contributed by atoms with Crippen LogP contribution < -0.4 is 0 Å². The van der Waals surface area contributed by atoms with E-state index in [2.05, 4.69) is 10.2 Å². The minimum Gasteiger partial charge on any atom is -0.505 e. The van der Waals surface area contributed by atoms with Gasteiger partial charge in [0.05, 0.1) is 0 Å². The van der Waals surface area contributed by atoms with Gasteiger partial charge >= 0.3 is 0 Å². The van der Waals surface area contributed by atoms with Crippen molar-refractivity contribution in [2.75, 3.05) is 0 Å². The van der Waals surface area contributed by atoms with Crippen molar-refractivity contribution in [3.63, 3.8) is 0 Å². The van der Waals surface area contributed by atoms with Crippen molar-refractivity contribution in [2.45, 2.75) is 13.8 Å². The van der Waals surface area contributed by atoms with E-state index in [1.807, 2.05) is 0 Å². The summed E-state index contributed by atoms with van der Waals surface area (Å²) in [5, 5.41) is 27.5. The molecule has 0 radical (unpaired) electrons. The number of hydrogen-bond donors (Lipinski definition) is 2. The first-order valence-electron chi connectivity index (χ1n) is 5.58. The molecule has 0 atom stereocenters. The number of benzene rings is 2. The van der Waals surface area contributed by atoms with Crippen molar-refractivity contribution in [1.82, 2.24) is 0 Å². The number of phenolic OH excluding ortho intramolecular Hbond substituents is 2. The molecule has 0 aliphatic rings. The topological polar surface area (TPSA) is 65.2 Å². The lowest BCUT2D eigenvalue weighted by Gasteiger charge is -2.02. The minimum absolute atomic E-state index is 0.105. The second kappa shape index (κ2) is 4.87. The third-order valence-corrected chi connectivity index (χ3v) is 2.70. The summed E-state index contributed by atoms with van der Waals surface area (Å²) < 4.78 is 0. The lowest BCUT2D eigenvalue weighted by atomic mass is 10.2. The Hall–Kier alpha value is -2.36. The number of aromatic hydroxyl groups is 2. The molecular weight excluding hydrogens is 228 g/mol. The van der Waals surface area contributed by atoms with Gasteiger partial charge in [-0.25, -0.2) is 0 Å². The zero-order valence-electron chi connectivity index (χ0n) is 10.3. The Kier molecular flexibility index (Phi) is 3.28. The SMILES string of the molecule is Cc1cccc(/N=N/c2cccc(C)c2O)c1O. The molecule has 18 heavy (non-hydrogen) atoms. The zero-order valence-corrected chi connectivity index (χ0v) is 10.3. The number of phenols is 2. The van der Waals surface area contributed by atoms with Crippen molar-refractivity contribution in [3.8, 4) is 11.5 Å². The van der Waals surface area contributed by atoms with Gasteiger partial charge < -0.3 is 10.2 Å². The molecule has 0 aromatic heterocycles. The smallest absolute Gasteiger partial charge is 0.145 e. The predicted molar refractivity (Wildman–Crippen MR) is 69.9 cm³/mol. The maximum atomic E-state index is 9.78. The standard InChI is InChI=1S/C14H14N2O2/c1-9-5-3-7-11(13(9)17)15-16-12-8-4-6-10(2)14(12)18/h3-8,17-18H,1-2H3/b16-15+. The molecule has 2 aromatic carbocycles. The predicted octanol–water partition coefficient (Wildman–Crippen LogP) is 4.13. The van der Waals surface area contributed by atoms with Crippen LogP contribution in [0.15, 0.2) is 46.6 Å². The van der Waals surface area contributed by atoms with Crippen LogP contribution in [0.25, 0.3) is 0 Å². The number of hydrogen-bond acceptors (Lipinski definition) is 4. The van der Waals surface area contributed by atoms with Crippen molar-refractivity contribution >= 4 is 11.4 Å². The lowest BCUT2D eigenvalue weighted by molar-refractivity contribution is 0.470. The van der Waals surface area contributed by atoms with Crippen molar-refractivity contribution in [2.24, 2.45) is 10.2 Å². The average molecular weight is 242 g/mol. The highest BCUT2D eigenvalue weighted by Crippen LogP contribution is 2.34. The molecule has 0 spiro atoms. The molecule has 0 bridgehead atoms. The molecular formula is C14H14N2O2. The maximum absolute atomic E-state index is 9.78. The molecule has 0 heterocycles. The molecule has 4 nitrogen and oxygen atoms in total. The highest BCUT2D eigenvalue weighted by molar-refractivity contribution is 5.57. The van der Waals surface area contributed by atoms with Gasteiger partial charge in [-0.15, -0.1) is 10.2 Å². The van der Waals surface area contributed by atoms with Crippen molar-refractivity contribution in [1.29, 1.82) is 0 Å². The van der Waals surface area contributed by atoms with Crippen LogP contribution in [0.4, 0.5) is 11.4 Å². The highest BCUT2D eigenvalue weighted by atomic mass is 16.3. The summed E-state index contributed by atoms with van der Waals surface area (Å²) in [6.07, 6.45) is 0. The molecule has 2 aromatic rings. The van der Waals surface area contributed by atoms with Crippen LogP contribution in [0.5, 0.6) is 11.5 Å². The van der Waals surface area contributed by atoms with Gasteiger partial charge in [0.25, 0.3) is 0 Å². The maximum Gasteiger partial charge on any atom is 0.145 e. The Balaban J connectivity index is 2.36. The molecule has 2 rings (SSSR count). The Morgan fingerprint density at radius 1 is 0.722 bits per heavy atom. The van der Waals surface area contributed by atoms with Gasteiger partial charge in [-0.2, -0.15) is 0 Å². The summed E-state index contributed by atoms with van der Waals surface area (Å²) in [5.41, 5.74) is 2.24. The zero-order chi connectivity index (χ0) is 13.1. The normalized spacial score (nSPS) is 11.0. The number of rotatable bonds is 2. The van der Waals surface area contributed by atoms with Crippen molar-refractivity contribution < 1.29 is 10.2 Å². The van der Waals surface area contributed by atoms with Gasteiger partial charge in [-0.3, -0.25) is 0 Å². The first-order chi connectivity index (χ1) is 8.59. The lowest BCUT2D eigenvalue weighted by Crippen LogP contribution is -1.75. The number of aryl methyl sites for hydroxylation is 2. The number of para-hydroxylation sites is 2. The Morgan fingerprint density at radius 3 is 1.50 bits per heavy atom. The summed E-state index contributed by atoms with van der Waals surface area (Å²) in [6, 6.07) is 10.5. The fraction of sp³-hybridized carbons (Fsp3) is 0.143. The minimum atomic E-state index is 0.105. The van der Waals surface area contributed by atoms with Crippen LogP contribution >= 0.6 is 0 Å². The Labute approximate surface area is 105 Å². The second-order valence-corrected chi connectivity index (χ2v) is 4.09. The molecule has 0 unspecified atom stereocenters. The van der Waals surface area contributed by atoms with Gasteiger partial charge in [0.2, 0.25) is 0 Å². The summed E-state index contributed by atoms with van der Waals surface area (Å²) in [7, 11) is 0. The van der Waals surface area contributed by atoms with Crippen LogP contribution in [0.1, 0.15) is 11.1 Å². The van der Waals surface area contributed by atoms with Gasteiger partial charge in [0, 0.05) is 0 Å². The fourth-order valence-electron chi connectivity index (χ4n) is 1.56. The third kappa shape index (κ3) is 2.32. The third-order valence-electron chi connectivity index (χ3n) is 2.70. The fourth-order valence-corrected chi connectivity index (χ4v) is 1.56. The van der Waals surface area contributed by atoms with E-state index in [4.69, 9.17) is 0 Å². The van der Waals surface area contributed by atoms with Crippen LogP contribution in [0, 0.1) is 13.8 Å². The number of nitrogens with zero attached hydrogens (tertiary/aromatic N) is 2. The van der Waals surface area contributed by atoms with Gasteiger partial charge in [0.1, 0.15) is 22.9 Å². The molecule has 0 aliphatic carbocycles. The summed E-state index contributed by atoms with van der Waals surface area (Å²) in [4.78, 5) is 0. The molecule has 0 amide bonds. The van der Waals surface area contributed by atoms with Gasteiger partial charge in [-0.05, 0) is 37.1 Å². The summed E-state index contributed by atoms with van der Waals surface area (Å²) >= 11 is 0. The van der Waals surface area contributed by atoms with Crippen LogP contribution in [0.3, 0.4) is 0 Å².